The highest BCUT2D eigenvalue weighted by Crippen LogP contribution is 2.19. The Balaban J connectivity index is 3.04. The zero-order chi connectivity index (χ0) is 9.14. The van der Waals surface area contributed by atoms with Gasteiger partial charge in [-0.2, -0.15) is 0 Å². The number of halogens is 1. The number of thiazole rings is 1. The molecule has 1 amide bonds. The van der Waals surface area contributed by atoms with E-state index in [9.17, 15) is 4.79 Å². The van der Waals surface area contributed by atoms with Gasteiger partial charge < -0.3 is 11.5 Å². The summed E-state index contributed by atoms with van der Waals surface area (Å²) in [7, 11) is 0. The number of aromatic nitrogens is 1. The van der Waals surface area contributed by atoms with Crippen LogP contribution in [0.15, 0.2) is 10.9 Å². The van der Waals surface area contributed by atoms with Crippen LogP contribution < -0.4 is 11.5 Å². The predicted molar refractivity (Wildman–Crippen MR) is 49.6 cm³/mol. The van der Waals surface area contributed by atoms with Gasteiger partial charge in [0.15, 0.2) is 5.13 Å². The van der Waals surface area contributed by atoms with Crippen LogP contribution in [-0.4, -0.2) is 10.9 Å². The molecule has 0 saturated heterocycles. The lowest BCUT2D eigenvalue weighted by atomic mass is 10.2. The van der Waals surface area contributed by atoms with E-state index in [1.807, 2.05) is 0 Å². The summed E-state index contributed by atoms with van der Waals surface area (Å²) in [4.78, 5) is 14.6. The molecule has 0 aromatic carbocycles. The number of nitrogens with two attached hydrogens (primary N) is 2. The van der Waals surface area contributed by atoms with Crippen molar-refractivity contribution in [1.29, 1.82) is 0 Å². The van der Waals surface area contributed by atoms with Gasteiger partial charge in [0.1, 0.15) is 0 Å². The highest BCUT2D eigenvalue weighted by molar-refractivity contribution is 7.13. The van der Waals surface area contributed by atoms with Gasteiger partial charge in [-0.3, -0.25) is 4.79 Å². The Hall–Kier alpha value is -1.07. The highest BCUT2D eigenvalue weighted by Gasteiger charge is 2.10. The zero-order valence-electron chi connectivity index (χ0n) is 5.95. The number of hydrogen-bond acceptors (Lipinski definition) is 4. The van der Waals surface area contributed by atoms with E-state index in [0.29, 0.717) is 10.8 Å². The van der Waals surface area contributed by atoms with Gasteiger partial charge in [-0.1, -0.05) is 11.6 Å². The lowest BCUT2D eigenvalue weighted by Gasteiger charge is -1.94. The Morgan fingerprint density at radius 1 is 1.75 bits per heavy atom. The number of carbonyl (C=O) groups is 1. The minimum atomic E-state index is -0.615. The fraction of sp³-hybridized carbons (Fsp3) is 0. The molecule has 0 aliphatic carbocycles. The van der Waals surface area contributed by atoms with Crippen LogP contribution >= 0.6 is 22.9 Å². The summed E-state index contributed by atoms with van der Waals surface area (Å²) in [5.74, 6) is -0.615. The third-order valence-corrected chi connectivity index (χ3v) is 2.06. The molecule has 0 spiro atoms. The standard InChI is InChI=1S/C6H6ClN3OS/c7-1-3(5(8)11)4-2-12-6(9)10-4/h1-2H,(H2,8,11)(H2,9,10). The Bertz CT molecular complexity index is 333. The van der Waals surface area contributed by atoms with Gasteiger partial charge in [-0.15, -0.1) is 11.3 Å². The molecule has 0 unspecified atom stereocenters. The van der Waals surface area contributed by atoms with Gasteiger partial charge in [0.25, 0.3) is 5.91 Å². The second kappa shape index (κ2) is 3.55. The number of carbonyl (C=O) groups excluding carboxylic acids is 1. The van der Waals surface area contributed by atoms with E-state index in [2.05, 4.69) is 4.98 Å². The van der Waals surface area contributed by atoms with Crippen molar-refractivity contribution in [2.24, 2.45) is 5.73 Å². The third kappa shape index (κ3) is 1.75. The molecule has 1 rings (SSSR count). The van der Waals surface area contributed by atoms with Crippen molar-refractivity contribution >= 4 is 39.5 Å². The largest absolute Gasteiger partial charge is 0.375 e. The van der Waals surface area contributed by atoms with Crippen LogP contribution in [0.1, 0.15) is 5.69 Å². The molecule has 0 aliphatic heterocycles. The van der Waals surface area contributed by atoms with Crippen LogP contribution in [0.25, 0.3) is 5.57 Å². The first-order chi connectivity index (χ1) is 5.65. The number of amides is 1. The second-order valence-electron chi connectivity index (χ2n) is 1.96. The van der Waals surface area contributed by atoms with Crippen molar-refractivity contribution in [3.63, 3.8) is 0 Å². The van der Waals surface area contributed by atoms with Crippen molar-refractivity contribution in [3.8, 4) is 0 Å². The molecule has 4 nitrogen and oxygen atoms in total. The van der Waals surface area contributed by atoms with Crippen LogP contribution in [0.2, 0.25) is 0 Å². The van der Waals surface area contributed by atoms with Crippen LogP contribution in [0.4, 0.5) is 5.13 Å². The fourth-order valence-corrected chi connectivity index (χ4v) is 1.43. The molecular formula is C6H6ClN3OS. The molecule has 0 aliphatic rings. The molecule has 0 radical (unpaired) electrons. The monoisotopic (exact) mass is 203 g/mol. The summed E-state index contributed by atoms with van der Waals surface area (Å²) in [6, 6.07) is 0. The minimum absolute atomic E-state index is 0.171. The Morgan fingerprint density at radius 3 is 2.75 bits per heavy atom. The number of nitrogen functional groups attached to an aromatic ring is 1. The van der Waals surface area contributed by atoms with Crippen molar-refractivity contribution in [2.75, 3.05) is 5.73 Å². The summed E-state index contributed by atoms with van der Waals surface area (Å²) < 4.78 is 0. The van der Waals surface area contributed by atoms with Gasteiger partial charge in [0.2, 0.25) is 0 Å². The Labute approximate surface area is 77.8 Å². The van der Waals surface area contributed by atoms with Gasteiger partial charge in [0.05, 0.1) is 11.3 Å². The van der Waals surface area contributed by atoms with Crippen LogP contribution in [0, 0.1) is 0 Å². The molecule has 1 aromatic rings. The van der Waals surface area contributed by atoms with E-state index in [-0.39, 0.29) is 5.57 Å². The smallest absolute Gasteiger partial charge is 0.251 e. The third-order valence-electron chi connectivity index (χ3n) is 1.17. The lowest BCUT2D eigenvalue weighted by Crippen LogP contribution is -2.12. The molecule has 0 bridgehead atoms. The van der Waals surface area contributed by atoms with E-state index < -0.39 is 5.91 Å². The normalized spacial score (nSPS) is 11.6. The van der Waals surface area contributed by atoms with Crippen molar-refractivity contribution < 1.29 is 4.79 Å². The quantitative estimate of drug-likeness (QED) is 0.698. The Morgan fingerprint density at radius 2 is 2.42 bits per heavy atom. The van der Waals surface area contributed by atoms with E-state index >= 15 is 0 Å². The molecule has 1 heterocycles. The summed E-state index contributed by atoms with van der Waals surface area (Å²) in [5.41, 5.74) is 12.1. The molecule has 0 fully saturated rings. The lowest BCUT2D eigenvalue weighted by molar-refractivity contribution is -0.112. The van der Waals surface area contributed by atoms with Crippen LogP contribution in [-0.2, 0) is 4.79 Å². The maximum atomic E-state index is 10.7. The second-order valence-corrected chi connectivity index (χ2v) is 3.07. The van der Waals surface area contributed by atoms with Gasteiger partial charge >= 0.3 is 0 Å². The van der Waals surface area contributed by atoms with Crippen molar-refractivity contribution in [1.82, 2.24) is 4.98 Å². The first-order valence-electron chi connectivity index (χ1n) is 2.96. The molecular weight excluding hydrogens is 198 g/mol. The number of anilines is 1. The average Bonchev–Trinajstić information content (AvgIpc) is 2.37. The Kier molecular flexibility index (Phi) is 2.67. The van der Waals surface area contributed by atoms with Crippen molar-refractivity contribution in [3.05, 3.63) is 16.6 Å². The van der Waals surface area contributed by atoms with E-state index in [0.717, 1.165) is 5.54 Å². The highest BCUT2D eigenvalue weighted by atomic mass is 35.5. The topological polar surface area (TPSA) is 82.0 Å². The number of nitrogens with zero attached hydrogens (tertiary/aromatic N) is 1. The number of hydrogen-bond donors (Lipinski definition) is 2. The molecule has 0 saturated carbocycles. The van der Waals surface area contributed by atoms with E-state index in [4.69, 9.17) is 23.1 Å². The molecule has 64 valence electrons. The fourth-order valence-electron chi connectivity index (χ4n) is 0.647. The van der Waals surface area contributed by atoms with Gasteiger partial charge in [-0.05, 0) is 0 Å². The van der Waals surface area contributed by atoms with Gasteiger partial charge in [-0.25, -0.2) is 4.98 Å². The zero-order valence-corrected chi connectivity index (χ0v) is 7.52. The number of rotatable bonds is 2. The van der Waals surface area contributed by atoms with Crippen LogP contribution in [0.3, 0.4) is 0 Å². The summed E-state index contributed by atoms with van der Waals surface area (Å²) in [6.45, 7) is 0. The maximum Gasteiger partial charge on any atom is 0.251 e. The predicted octanol–water partition coefficient (Wildman–Crippen LogP) is 0.790. The van der Waals surface area contributed by atoms with Gasteiger partial charge in [0, 0.05) is 10.9 Å². The van der Waals surface area contributed by atoms with Crippen molar-refractivity contribution in [2.45, 2.75) is 0 Å². The minimum Gasteiger partial charge on any atom is -0.375 e. The number of primary amides is 1. The summed E-state index contributed by atoms with van der Waals surface area (Å²) >= 11 is 6.59. The summed E-state index contributed by atoms with van der Waals surface area (Å²) in [5, 5.41) is 2.00. The van der Waals surface area contributed by atoms with E-state index in [1.54, 1.807) is 5.38 Å². The maximum absolute atomic E-state index is 10.7. The average molecular weight is 204 g/mol. The summed E-state index contributed by atoms with van der Waals surface area (Å²) in [6.07, 6.45) is 0. The molecule has 1 aromatic heterocycles. The molecule has 0 atom stereocenters. The molecule has 6 heteroatoms. The first-order valence-corrected chi connectivity index (χ1v) is 4.28. The van der Waals surface area contributed by atoms with E-state index in [1.165, 1.54) is 11.3 Å². The SMILES string of the molecule is NC(=O)C(=CCl)c1csc(N)n1. The first kappa shape index (κ1) is 9.02. The molecule has 12 heavy (non-hydrogen) atoms. The van der Waals surface area contributed by atoms with Crippen LogP contribution in [0.5, 0.6) is 0 Å². The molecule has 4 N–H and O–H groups in total.